The van der Waals surface area contributed by atoms with E-state index in [1.54, 1.807) is 48.5 Å². The standard InChI is InChI=1S/C28H29BF3O4P/c1-20(29-35-26(2,3)27(4,5)36-29)25(21-16-18-22(19-17-21)34-28(30,31)32)37(33,23-12-8-6-9-13-23)24-14-10-7-11-15-24/h6-19,25H,1H2,2-5H3. The first-order chi connectivity index (χ1) is 17.2. The molecule has 0 N–H and O–H groups in total. The third-order valence-corrected chi connectivity index (χ3v) is 10.5. The van der Waals surface area contributed by atoms with E-state index in [2.05, 4.69) is 11.3 Å². The lowest BCUT2D eigenvalue weighted by atomic mass is 9.75. The molecule has 1 aliphatic heterocycles. The zero-order valence-corrected chi connectivity index (χ0v) is 22.1. The molecule has 0 radical (unpaired) electrons. The summed E-state index contributed by atoms with van der Waals surface area (Å²) >= 11 is 0. The summed E-state index contributed by atoms with van der Waals surface area (Å²) in [5, 5.41) is 1.17. The highest BCUT2D eigenvalue weighted by Gasteiger charge is 2.55. The third kappa shape index (κ3) is 5.42. The molecule has 1 heterocycles. The van der Waals surface area contributed by atoms with Gasteiger partial charge in [-0.3, -0.25) is 0 Å². The summed E-state index contributed by atoms with van der Waals surface area (Å²) in [6, 6.07) is 23.5. The van der Waals surface area contributed by atoms with Gasteiger partial charge in [-0.05, 0) is 50.9 Å². The average Bonchev–Trinajstić information content (AvgIpc) is 3.07. The fraction of sp³-hybridized carbons (Fsp3) is 0.286. The largest absolute Gasteiger partial charge is 0.573 e. The molecule has 4 rings (SSSR count). The van der Waals surface area contributed by atoms with Crippen molar-refractivity contribution in [3.05, 3.63) is 103 Å². The van der Waals surface area contributed by atoms with E-state index in [1.807, 2.05) is 39.8 Å². The summed E-state index contributed by atoms with van der Waals surface area (Å²) in [5.41, 5.74) is -1.27. The van der Waals surface area contributed by atoms with E-state index in [1.165, 1.54) is 24.3 Å². The maximum absolute atomic E-state index is 15.4. The monoisotopic (exact) mass is 528 g/mol. The highest BCUT2D eigenvalue weighted by atomic mass is 31.2. The lowest BCUT2D eigenvalue weighted by Crippen LogP contribution is -2.41. The highest BCUT2D eigenvalue weighted by Crippen LogP contribution is 2.61. The van der Waals surface area contributed by atoms with Gasteiger partial charge in [0.2, 0.25) is 0 Å². The van der Waals surface area contributed by atoms with Crippen LogP contribution in [0.2, 0.25) is 0 Å². The average molecular weight is 528 g/mol. The molecule has 9 heteroatoms. The van der Waals surface area contributed by atoms with Crippen molar-refractivity contribution >= 4 is 24.9 Å². The summed E-state index contributed by atoms with van der Waals surface area (Å²) in [4.78, 5) is 0. The second-order valence-corrected chi connectivity index (χ2v) is 12.9. The fourth-order valence-electron chi connectivity index (χ4n) is 4.38. The first-order valence-electron chi connectivity index (χ1n) is 11.9. The molecule has 1 aliphatic rings. The van der Waals surface area contributed by atoms with Gasteiger partial charge in [-0.1, -0.05) is 72.8 Å². The number of rotatable bonds is 7. The topological polar surface area (TPSA) is 44.8 Å². The maximum Gasteiger partial charge on any atom is 0.573 e. The molecular weight excluding hydrogens is 499 g/mol. The predicted octanol–water partition coefficient (Wildman–Crippen LogP) is 6.83. The summed E-state index contributed by atoms with van der Waals surface area (Å²) in [7, 11) is -4.41. The van der Waals surface area contributed by atoms with Crippen LogP contribution in [0.1, 0.15) is 38.9 Å². The summed E-state index contributed by atoms with van der Waals surface area (Å²) in [5.74, 6) is -0.370. The van der Waals surface area contributed by atoms with Gasteiger partial charge in [-0.15, -0.1) is 19.8 Å². The number of halogens is 3. The molecule has 4 nitrogen and oxygen atoms in total. The Morgan fingerprint density at radius 1 is 0.838 bits per heavy atom. The van der Waals surface area contributed by atoms with Gasteiger partial charge in [0.25, 0.3) is 0 Å². The van der Waals surface area contributed by atoms with Crippen molar-refractivity contribution in [3.8, 4) is 5.75 Å². The zero-order chi connectivity index (χ0) is 27.1. The van der Waals surface area contributed by atoms with Gasteiger partial charge in [0.15, 0.2) is 7.14 Å². The summed E-state index contributed by atoms with van der Waals surface area (Å²) in [6.45, 7) is 11.9. The van der Waals surface area contributed by atoms with Crippen LogP contribution in [0.15, 0.2) is 97.0 Å². The first-order valence-corrected chi connectivity index (χ1v) is 13.6. The Kier molecular flexibility index (Phi) is 7.23. The lowest BCUT2D eigenvalue weighted by molar-refractivity contribution is -0.274. The molecule has 37 heavy (non-hydrogen) atoms. The molecule has 0 bridgehead atoms. The summed E-state index contributed by atoms with van der Waals surface area (Å²) < 4.78 is 70.4. The highest BCUT2D eigenvalue weighted by molar-refractivity contribution is 7.79. The van der Waals surface area contributed by atoms with Crippen molar-refractivity contribution in [2.24, 2.45) is 0 Å². The van der Waals surface area contributed by atoms with Gasteiger partial charge in [0, 0.05) is 10.6 Å². The molecule has 1 unspecified atom stereocenters. The maximum atomic E-state index is 15.4. The Labute approximate surface area is 216 Å². The van der Waals surface area contributed by atoms with E-state index < -0.39 is 37.5 Å². The Morgan fingerprint density at radius 3 is 1.68 bits per heavy atom. The molecule has 3 aromatic carbocycles. The summed E-state index contributed by atoms with van der Waals surface area (Å²) in [6.07, 6.45) is -4.82. The fourth-order valence-corrected chi connectivity index (χ4v) is 7.68. The van der Waals surface area contributed by atoms with Gasteiger partial charge in [0.1, 0.15) is 5.75 Å². The third-order valence-electron chi connectivity index (χ3n) is 6.98. The van der Waals surface area contributed by atoms with Crippen molar-refractivity contribution in [1.29, 1.82) is 0 Å². The van der Waals surface area contributed by atoms with E-state index in [4.69, 9.17) is 9.31 Å². The number of alkyl halides is 3. The smallest absolute Gasteiger partial charge is 0.406 e. The van der Waals surface area contributed by atoms with Crippen LogP contribution >= 0.6 is 7.14 Å². The molecule has 3 aromatic rings. The van der Waals surface area contributed by atoms with Gasteiger partial charge >= 0.3 is 13.5 Å². The SMILES string of the molecule is C=C(B1OC(C)(C)C(C)(C)O1)C(c1ccc(OC(F)(F)F)cc1)P(=O)(c1ccccc1)c1ccccc1. The zero-order valence-electron chi connectivity index (χ0n) is 21.2. The quantitative estimate of drug-likeness (QED) is 0.249. The minimum absolute atomic E-state index is 0.370. The number of ether oxygens (including phenoxy) is 1. The number of hydrogen-bond acceptors (Lipinski definition) is 4. The van der Waals surface area contributed by atoms with E-state index >= 15 is 4.57 Å². The van der Waals surface area contributed by atoms with Crippen LogP contribution in [-0.4, -0.2) is 24.7 Å². The Hall–Kier alpha value is -2.80. The van der Waals surface area contributed by atoms with Crippen LogP contribution in [0.25, 0.3) is 0 Å². The van der Waals surface area contributed by atoms with Crippen molar-refractivity contribution < 1.29 is 31.8 Å². The Morgan fingerprint density at radius 2 is 1.27 bits per heavy atom. The van der Waals surface area contributed by atoms with Crippen molar-refractivity contribution in [1.82, 2.24) is 0 Å². The van der Waals surface area contributed by atoms with Crippen molar-refractivity contribution in [2.75, 3.05) is 0 Å². The molecule has 1 saturated heterocycles. The number of allylic oxidation sites excluding steroid dienone is 1. The van der Waals surface area contributed by atoms with Crippen LogP contribution in [0.4, 0.5) is 13.2 Å². The molecule has 0 saturated carbocycles. The van der Waals surface area contributed by atoms with Gasteiger partial charge in [0.05, 0.1) is 16.9 Å². The second kappa shape index (κ2) is 9.82. The van der Waals surface area contributed by atoms with Crippen LogP contribution in [0.3, 0.4) is 0 Å². The Balaban J connectivity index is 1.89. The van der Waals surface area contributed by atoms with Crippen molar-refractivity contribution in [3.63, 3.8) is 0 Å². The number of benzene rings is 3. The molecule has 0 amide bonds. The minimum Gasteiger partial charge on any atom is -0.406 e. The van der Waals surface area contributed by atoms with Crippen molar-refractivity contribution in [2.45, 2.75) is 50.9 Å². The van der Waals surface area contributed by atoms with E-state index in [0.29, 0.717) is 21.6 Å². The molecule has 0 aliphatic carbocycles. The van der Waals surface area contributed by atoms with E-state index in [0.717, 1.165) is 0 Å². The molecule has 0 aromatic heterocycles. The van der Waals surface area contributed by atoms with Crippen LogP contribution in [0, 0.1) is 0 Å². The predicted molar refractivity (Wildman–Crippen MR) is 141 cm³/mol. The molecule has 194 valence electrons. The second-order valence-electron chi connectivity index (χ2n) is 10.0. The van der Waals surface area contributed by atoms with Crippen LogP contribution < -0.4 is 15.3 Å². The van der Waals surface area contributed by atoms with Gasteiger partial charge in [-0.25, -0.2) is 0 Å². The lowest BCUT2D eigenvalue weighted by Gasteiger charge is -2.32. The molecule has 1 fully saturated rings. The number of hydrogen-bond donors (Lipinski definition) is 0. The first kappa shape index (κ1) is 27.2. The van der Waals surface area contributed by atoms with Gasteiger partial charge < -0.3 is 18.6 Å². The van der Waals surface area contributed by atoms with E-state index in [9.17, 15) is 13.2 Å². The molecular formula is C28H29BF3O4P. The van der Waals surface area contributed by atoms with Gasteiger partial charge in [-0.2, -0.15) is 0 Å². The van der Waals surface area contributed by atoms with Crippen LogP contribution in [-0.2, 0) is 13.9 Å². The van der Waals surface area contributed by atoms with E-state index in [-0.39, 0.29) is 5.75 Å². The molecule has 1 atom stereocenters. The molecule has 0 spiro atoms. The van der Waals surface area contributed by atoms with Crippen LogP contribution in [0.5, 0.6) is 5.75 Å². The minimum atomic E-state index is -4.82. The normalized spacial score (nSPS) is 17.9. The Bertz CT molecular complexity index is 1230.